The number of pyridine rings is 4. The van der Waals surface area contributed by atoms with Gasteiger partial charge >= 0.3 is 0 Å². The van der Waals surface area contributed by atoms with Crippen molar-refractivity contribution in [1.82, 2.24) is 34.7 Å². The van der Waals surface area contributed by atoms with Crippen LogP contribution in [0, 0.1) is 17.7 Å². The molecule has 89 heavy (non-hydrogen) atoms. The number of hydrogen-bond acceptors (Lipinski definition) is 14. The van der Waals surface area contributed by atoms with Crippen LogP contribution in [0.4, 0.5) is 21.7 Å². The predicted octanol–water partition coefficient (Wildman–Crippen LogP) is 14.9. The van der Waals surface area contributed by atoms with Crippen molar-refractivity contribution < 1.29 is 30.8 Å². The summed E-state index contributed by atoms with van der Waals surface area (Å²) in [5.74, 6) is -0.984. The van der Waals surface area contributed by atoms with Gasteiger partial charge in [-0.05, 0) is 201 Å². The molecule has 480 valence electrons. The lowest BCUT2D eigenvalue weighted by molar-refractivity contribution is 0.0970. The van der Waals surface area contributed by atoms with Crippen molar-refractivity contribution in [2.45, 2.75) is 204 Å². The molecule has 3 aliphatic heterocycles. The van der Waals surface area contributed by atoms with Crippen LogP contribution in [0.5, 0.6) is 0 Å². The second kappa shape index (κ2) is 26.0. The minimum Gasteiger partial charge on any atom is -0.365 e. The number of nitrogens with one attached hydrogen (secondary N) is 5. The molecule has 9 rings (SSSR count). The van der Waals surface area contributed by atoms with Crippen molar-refractivity contribution in [1.29, 1.82) is 0 Å². The summed E-state index contributed by atoms with van der Waals surface area (Å²) >= 11 is 7.06. The Labute approximate surface area is 544 Å². The average molecular weight is 1390 g/mol. The topological polar surface area (TPSA) is 217 Å². The summed E-state index contributed by atoms with van der Waals surface area (Å²) in [6, 6.07) is 23.6. The summed E-state index contributed by atoms with van der Waals surface area (Å²) < 4.78 is 74.3. The Kier molecular flexibility index (Phi) is 20.2. The maximum Gasteiger partial charge on any atom is 0.281 e. The van der Waals surface area contributed by atoms with E-state index in [1.165, 1.54) is 29.8 Å². The molecule has 2 aromatic carbocycles. The third kappa shape index (κ3) is 17.0. The lowest BCUT2D eigenvalue weighted by atomic mass is 9.85. The Morgan fingerprint density at radius 2 is 1.40 bits per heavy atom. The van der Waals surface area contributed by atoms with Crippen molar-refractivity contribution in [2.75, 3.05) is 28.6 Å². The first-order valence-corrected chi connectivity index (χ1v) is 35.1. The van der Waals surface area contributed by atoms with Gasteiger partial charge in [0.15, 0.2) is 10.1 Å². The lowest BCUT2D eigenvalue weighted by Gasteiger charge is -2.36. The number of anilines is 3. The van der Waals surface area contributed by atoms with Crippen LogP contribution < -0.4 is 30.3 Å². The largest absolute Gasteiger partial charge is 0.365 e. The Morgan fingerprint density at radius 1 is 0.775 bits per heavy atom. The first kappa shape index (κ1) is 69.0. The summed E-state index contributed by atoms with van der Waals surface area (Å²) in [7, 11) is -8.69. The molecule has 2 unspecified atom stereocenters. The van der Waals surface area contributed by atoms with Crippen LogP contribution >= 0.6 is 31.9 Å². The fourth-order valence-electron chi connectivity index (χ4n) is 12.0. The van der Waals surface area contributed by atoms with Crippen LogP contribution in [0.15, 0.2) is 116 Å². The van der Waals surface area contributed by atoms with Crippen molar-refractivity contribution in [3.63, 3.8) is 0 Å². The van der Waals surface area contributed by atoms with E-state index in [1.807, 2.05) is 43.8 Å². The highest BCUT2D eigenvalue weighted by atomic mass is 79.9. The van der Waals surface area contributed by atoms with Gasteiger partial charge < -0.3 is 20.9 Å². The standard InChI is InChI=1S/C34H45BrFN5O3S.C34H44BrN5O3S/c1-32(2,3)22-14-15-37-28(16-22)27(13-12-21-19-34(7,8)38-20-21)39-29-10-9-11-30(40-29)45(43,44)41-31(42)23-17-25(35)24(18-26(23)36)33(4,5)6;1-32(2,3)22-14-15-36-27(16-22)26-13-12-21-19-34(7,8)40(20-21)28-18-24(33(4,5)6)25(35)17-23(28)31(41)39-44(42,43)30-11-9-10-29(37-26)38-30/h9-11,14-18,21,27,38H,12-13,19-20H2,1-8H3,(H,39,40)(H,41,42);9-11,14-18,21,26H,12-13,19-20H2,1-8H3,(H,37,38)(H,39,41)/t21-,27?;21-,26?/m00/s1. The zero-order valence-corrected chi connectivity index (χ0v) is 59.1. The summed E-state index contributed by atoms with van der Waals surface area (Å²) in [5, 5.41) is 9.90. The van der Waals surface area contributed by atoms with Crippen LogP contribution in [0.25, 0.3) is 0 Å². The number of carbonyl (C=O) groups is 2. The predicted molar refractivity (Wildman–Crippen MR) is 360 cm³/mol. The van der Waals surface area contributed by atoms with Gasteiger partial charge in [0.2, 0.25) is 0 Å². The van der Waals surface area contributed by atoms with E-state index < -0.39 is 37.7 Å². The molecule has 0 aliphatic carbocycles. The summed E-state index contributed by atoms with van der Waals surface area (Å²) in [4.78, 5) is 47.3. The highest BCUT2D eigenvalue weighted by Gasteiger charge is 2.42. The number of nitrogens with zero attached hydrogens (tertiary/aromatic N) is 5. The van der Waals surface area contributed by atoms with Crippen molar-refractivity contribution in [2.24, 2.45) is 11.8 Å². The number of amides is 2. The Bertz CT molecular complexity index is 3850. The molecular weight excluding hydrogens is 1300 g/mol. The first-order valence-electron chi connectivity index (χ1n) is 30.5. The van der Waals surface area contributed by atoms with Gasteiger partial charge in [0.25, 0.3) is 31.9 Å². The third-order valence-electron chi connectivity index (χ3n) is 17.0. The molecule has 4 bridgehead atoms. The molecular formula is C68H89Br2FN10O6S2. The van der Waals surface area contributed by atoms with Crippen LogP contribution in [0.2, 0.25) is 0 Å². The molecule has 2 saturated heterocycles. The van der Waals surface area contributed by atoms with Crippen LogP contribution in [-0.4, -0.2) is 72.8 Å². The van der Waals surface area contributed by atoms with Gasteiger partial charge in [0, 0.05) is 39.0 Å². The van der Waals surface area contributed by atoms with E-state index in [9.17, 15) is 30.8 Å². The number of halogens is 3. The number of rotatable bonds is 10. The number of carbonyl (C=O) groups excluding carboxylic acids is 2. The number of sulfonamides is 2. The molecule has 4 aromatic heterocycles. The molecule has 0 spiro atoms. The normalized spacial score (nSPS) is 19.7. The smallest absolute Gasteiger partial charge is 0.281 e. The SMILES string of the molecule is CC(C)(C)c1ccnc(C2CC[C@@H]3CN(c4cc(C(C)(C)C)c(Br)cc4C(=O)NS(=O)(=O)c4cccc(n4)N2)C(C)(C)C3)c1.CC1(C)C[C@H](CCC(Nc2cccc(S(=O)(=O)NC(=O)c3cc(Br)c(C(C)(C)C)cc3F)n2)c2cc(C(C)(C)C)ccn2)CN1. The second-order valence-electron chi connectivity index (χ2n) is 29.6. The molecule has 3 aliphatic rings. The molecule has 5 N–H and O–H groups in total. The first-order chi connectivity index (χ1) is 41.1. The van der Waals surface area contributed by atoms with Crippen molar-refractivity contribution in [3.05, 3.63) is 157 Å². The highest BCUT2D eigenvalue weighted by molar-refractivity contribution is 9.10. The Balaban J connectivity index is 0.000000230. The van der Waals surface area contributed by atoms with Crippen LogP contribution in [0.1, 0.15) is 216 Å². The van der Waals surface area contributed by atoms with E-state index in [4.69, 9.17) is 4.98 Å². The zero-order valence-electron chi connectivity index (χ0n) is 54.3. The number of benzene rings is 2. The van der Waals surface area contributed by atoms with Gasteiger partial charge in [-0.1, -0.05) is 127 Å². The number of fused-ring (bicyclic) bond motifs is 6. The third-order valence-corrected chi connectivity index (χ3v) is 20.8. The van der Waals surface area contributed by atoms with E-state index in [0.29, 0.717) is 39.1 Å². The van der Waals surface area contributed by atoms with Crippen molar-refractivity contribution >= 4 is 81.0 Å². The molecule has 6 aromatic rings. The van der Waals surface area contributed by atoms with Crippen LogP contribution in [0.3, 0.4) is 0 Å². The number of aromatic nitrogens is 4. The average Bonchev–Trinajstić information content (AvgIpc) is 1.78. The highest BCUT2D eigenvalue weighted by Crippen LogP contribution is 2.45. The van der Waals surface area contributed by atoms with Crippen molar-refractivity contribution in [3.8, 4) is 0 Å². The molecule has 2 amide bonds. The maximum atomic E-state index is 15.0. The maximum absolute atomic E-state index is 15.0. The molecule has 7 heterocycles. The minimum atomic E-state index is -4.42. The fraction of sp³-hybridized carbons (Fsp3) is 0.500. The fourth-order valence-corrected chi connectivity index (χ4v) is 15.8. The van der Waals surface area contributed by atoms with Gasteiger partial charge in [-0.15, -0.1) is 0 Å². The van der Waals surface area contributed by atoms with E-state index in [-0.39, 0.29) is 60.4 Å². The molecule has 2 fully saturated rings. The molecule has 0 saturated carbocycles. The molecule has 0 radical (unpaired) electrons. The van der Waals surface area contributed by atoms with Gasteiger partial charge in [-0.2, -0.15) is 16.8 Å². The minimum absolute atomic E-state index is 0.0494. The quantitative estimate of drug-likeness (QED) is 0.0862. The molecule has 4 atom stereocenters. The van der Waals surface area contributed by atoms with Gasteiger partial charge in [0.05, 0.1) is 40.3 Å². The van der Waals surface area contributed by atoms with Gasteiger partial charge in [-0.3, -0.25) is 19.6 Å². The van der Waals surface area contributed by atoms with E-state index >= 15 is 0 Å². The van der Waals surface area contributed by atoms with Crippen LogP contribution in [-0.2, 0) is 41.7 Å². The van der Waals surface area contributed by atoms with E-state index in [1.54, 1.807) is 36.5 Å². The van der Waals surface area contributed by atoms with E-state index in [0.717, 1.165) is 84.3 Å². The van der Waals surface area contributed by atoms with Gasteiger partial charge in [0.1, 0.15) is 17.5 Å². The molecule has 16 nitrogen and oxygen atoms in total. The molecule has 21 heteroatoms. The van der Waals surface area contributed by atoms with Gasteiger partial charge in [-0.25, -0.2) is 23.8 Å². The Hall–Kier alpha value is -5.87. The number of hydrogen-bond donors (Lipinski definition) is 5. The monoisotopic (exact) mass is 1380 g/mol. The second-order valence-corrected chi connectivity index (χ2v) is 34.5. The zero-order chi connectivity index (χ0) is 65.6. The Morgan fingerprint density at radius 3 is 2.04 bits per heavy atom. The summed E-state index contributed by atoms with van der Waals surface area (Å²) in [6.45, 7) is 35.6. The summed E-state index contributed by atoms with van der Waals surface area (Å²) in [6.07, 6.45) is 9.06. The van der Waals surface area contributed by atoms with E-state index in [2.05, 4.69) is 181 Å². The lowest BCUT2D eigenvalue weighted by Crippen LogP contribution is -2.40. The summed E-state index contributed by atoms with van der Waals surface area (Å²) in [5.41, 5.74) is 5.56.